The highest BCUT2D eigenvalue weighted by Gasteiger charge is 2.15. The lowest BCUT2D eigenvalue weighted by Crippen LogP contribution is -2.35. The molecule has 0 spiro atoms. The molecule has 0 fully saturated rings. The van der Waals surface area contributed by atoms with E-state index in [1.807, 2.05) is 4.90 Å². The highest BCUT2D eigenvalue weighted by Crippen LogP contribution is 2.13. The number of nitrogens with zero attached hydrogens (tertiary/aromatic N) is 4. The fraction of sp³-hybridized carbons (Fsp3) is 0.750. The molecule has 0 radical (unpaired) electrons. The predicted octanol–water partition coefficient (Wildman–Crippen LogP) is 1.20. The number of anilines is 1. The van der Waals surface area contributed by atoms with Crippen molar-refractivity contribution in [2.24, 2.45) is 0 Å². The average Bonchev–Trinajstić information content (AvgIpc) is 2.34. The number of aliphatic hydroxyl groups is 1. The van der Waals surface area contributed by atoms with Crippen molar-refractivity contribution in [3.05, 3.63) is 11.4 Å². The maximum absolute atomic E-state index is 9.06. The van der Waals surface area contributed by atoms with Gasteiger partial charge in [-0.25, -0.2) is 4.98 Å². The summed E-state index contributed by atoms with van der Waals surface area (Å²) in [5.74, 6) is 0.614. The molecule has 96 valence electrons. The van der Waals surface area contributed by atoms with E-state index in [-0.39, 0.29) is 12.6 Å². The van der Waals surface area contributed by atoms with Crippen LogP contribution in [0, 0.1) is 0 Å². The molecule has 1 rings (SSSR count). The molecule has 1 aromatic rings. The second-order valence-electron chi connectivity index (χ2n) is 4.22. The van der Waals surface area contributed by atoms with Gasteiger partial charge in [-0.1, -0.05) is 13.8 Å². The monoisotopic (exact) mass is 238 g/mol. The average molecular weight is 238 g/mol. The first-order valence-electron chi connectivity index (χ1n) is 6.23. The summed E-state index contributed by atoms with van der Waals surface area (Å²) in [6.07, 6.45) is 1.71. The van der Waals surface area contributed by atoms with Crippen molar-refractivity contribution in [1.29, 1.82) is 0 Å². The molecule has 5 heteroatoms. The highest BCUT2D eigenvalue weighted by atomic mass is 16.3. The molecule has 0 amide bonds. The molecule has 1 aromatic heterocycles. The van der Waals surface area contributed by atoms with Crippen LogP contribution in [0.4, 0.5) is 5.95 Å². The third kappa shape index (κ3) is 3.36. The molecule has 0 bridgehead atoms. The summed E-state index contributed by atoms with van der Waals surface area (Å²) in [6, 6.07) is 0.251. The summed E-state index contributed by atoms with van der Waals surface area (Å²) in [7, 11) is 0. The minimum atomic E-state index is 0.0958. The van der Waals surface area contributed by atoms with E-state index >= 15 is 0 Å². The standard InChI is InChI=1S/C12H22N4O/c1-5-10-11(6-2)14-15-12(13-10)16(7-8-17)9(3)4/h9,17H,5-8H2,1-4H3. The molecule has 5 nitrogen and oxygen atoms in total. The first-order chi connectivity index (χ1) is 8.13. The van der Waals surface area contributed by atoms with Crippen molar-refractivity contribution < 1.29 is 5.11 Å². The molecule has 0 saturated heterocycles. The Bertz CT molecular complexity index is 354. The number of rotatable bonds is 6. The largest absolute Gasteiger partial charge is 0.395 e. The van der Waals surface area contributed by atoms with Crippen LogP contribution in [0.1, 0.15) is 39.1 Å². The Balaban J connectivity index is 3.03. The van der Waals surface area contributed by atoms with E-state index < -0.39 is 0 Å². The summed E-state index contributed by atoms with van der Waals surface area (Å²) in [5, 5.41) is 17.4. The summed E-state index contributed by atoms with van der Waals surface area (Å²) >= 11 is 0. The maximum Gasteiger partial charge on any atom is 0.245 e. The van der Waals surface area contributed by atoms with Crippen LogP contribution >= 0.6 is 0 Å². The molecule has 1 N–H and O–H groups in total. The maximum atomic E-state index is 9.06. The van der Waals surface area contributed by atoms with Crippen molar-refractivity contribution in [1.82, 2.24) is 15.2 Å². The fourth-order valence-corrected chi connectivity index (χ4v) is 1.75. The zero-order valence-corrected chi connectivity index (χ0v) is 11.1. The van der Waals surface area contributed by atoms with Gasteiger partial charge in [-0.15, -0.1) is 5.10 Å². The van der Waals surface area contributed by atoms with Gasteiger partial charge in [0, 0.05) is 12.6 Å². The lowest BCUT2D eigenvalue weighted by atomic mass is 10.2. The van der Waals surface area contributed by atoms with Crippen molar-refractivity contribution in [2.45, 2.75) is 46.6 Å². The normalized spacial score (nSPS) is 10.9. The quantitative estimate of drug-likeness (QED) is 0.807. The molecule has 1 heterocycles. The van der Waals surface area contributed by atoms with E-state index in [0.717, 1.165) is 24.2 Å². The minimum Gasteiger partial charge on any atom is -0.395 e. The fourth-order valence-electron chi connectivity index (χ4n) is 1.75. The topological polar surface area (TPSA) is 62.1 Å². The Hall–Kier alpha value is -1.23. The number of aryl methyl sites for hydroxylation is 2. The molecule has 0 aromatic carbocycles. The van der Waals surface area contributed by atoms with Crippen LogP contribution < -0.4 is 4.90 Å². The van der Waals surface area contributed by atoms with Crippen LogP contribution in [0.5, 0.6) is 0 Å². The third-order valence-corrected chi connectivity index (χ3v) is 2.72. The number of aliphatic hydroxyl groups excluding tert-OH is 1. The Morgan fingerprint density at radius 3 is 2.24 bits per heavy atom. The number of hydrogen-bond acceptors (Lipinski definition) is 5. The van der Waals surface area contributed by atoms with Crippen molar-refractivity contribution in [3.63, 3.8) is 0 Å². The van der Waals surface area contributed by atoms with Gasteiger partial charge in [0.2, 0.25) is 5.95 Å². The summed E-state index contributed by atoms with van der Waals surface area (Å²) in [5.41, 5.74) is 1.96. The van der Waals surface area contributed by atoms with Gasteiger partial charge < -0.3 is 10.0 Å². The lowest BCUT2D eigenvalue weighted by molar-refractivity contribution is 0.298. The zero-order chi connectivity index (χ0) is 12.8. The van der Waals surface area contributed by atoms with Gasteiger partial charge in [0.05, 0.1) is 18.0 Å². The van der Waals surface area contributed by atoms with E-state index in [1.54, 1.807) is 0 Å². The van der Waals surface area contributed by atoms with Crippen LogP contribution in [0.25, 0.3) is 0 Å². The molecule has 0 aliphatic carbocycles. The van der Waals surface area contributed by atoms with E-state index in [4.69, 9.17) is 5.11 Å². The van der Waals surface area contributed by atoms with Crippen LogP contribution in [0.15, 0.2) is 0 Å². The molecule has 0 saturated carbocycles. The Kier molecular flexibility index (Phi) is 5.28. The zero-order valence-electron chi connectivity index (χ0n) is 11.1. The molecule has 0 atom stereocenters. The van der Waals surface area contributed by atoms with Crippen LogP contribution in [-0.2, 0) is 12.8 Å². The molecule has 17 heavy (non-hydrogen) atoms. The van der Waals surface area contributed by atoms with Gasteiger partial charge in [-0.05, 0) is 26.7 Å². The van der Waals surface area contributed by atoms with E-state index in [0.29, 0.717) is 12.5 Å². The SMILES string of the molecule is CCc1nnc(N(CCO)C(C)C)nc1CC. The Morgan fingerprint density at radius 1 is 1.12 bits per heavy atom. The second kappa shape index (κ2) is 6.49. The van der Waals surface area contributed by atoms with E-state index in [9.17, 15) is 0 Å². The van der Waals surface area contributed by atoms with E-state index in [1.165, 1.54) is 0 Å². The Labute approximate surface area is 103 Å². The number of hydrogen-bond donors (Lipinski definition) is 1. The van der Waals surface area contributed by atoms with Gasteiger partial charge in [0.15, 0.2) is 0 Å². The summed E-state index contributed by atoms with van der Waals surface area (Å²) < 4.78 is 0. The number of aromatic nitrogens is 3. The van der Waals surface area contributed by atoms with Gasteiger partial charge in [0.25, 0.3) is 0 Å². The minimum absolute atomic E-state index is 0.0958. The molecular formula is C12H22N4O. The van der Waals surface area contributed by atoms with Crippen molar-refractivity contribution >= 4 is 5.95 Å². The van der Waals surface area contributed by atoms with Gasteiger partial charge >= 0.3 is 0 Å². The van der Waals surface area contributed by atoms with Crippen molar-refractivity contribution in [2.75, 3.05) is 18.1 Å². The van der Waals surface area contributed by atoms with Crippen LogP contribution in [0.3, 0.4) is 0 Å². The lowest BCUT2D eigenvalue weighted by Gasteiger charge is -2.25. The first kappa shape index (κ1) is 13.8. The molecule has 0 unspecified atom stereocenters. The smallest absolute Gasteiger partial charge is 0.245 e. The molecule has 0 aliphatic rings. The molecular weight excluding hydrogens is 216 g/mol. The molecule has 0 aliphatic heterocycles. The highest BCUT2D eigenvalue weighted by molar-refractivity contribution is 5.31. The van der Waals surface area contributed by atoms with Crippen molar-refractivity contribution in [3.8, 4) is 0 Å². The summed E-state index contributed by atoms with van der Waals surface area (Å²) in [4.78, 5) is 6.51. The van der Waals surface area contributed by atoms with Gasteiger partial charge in [-0.2, -0.15) is 5.10 Å². The predicted molar refractivity (Wildman–Crippen MR) is 68.2 cm³/mol. The van der Waals surface area contributed by atoms with Gasteiger partial charge in [-0.3, -0.25) is 0 Å². The van der Waals surface area contributed by atoms with Gasteiger partial charge in [0.1, 0.15) is 0 Å². The Morgan fingerprint density at radius 2 is 1.76 bits per heavy atom. The second-order valence-corrected chi connectivity index (χ2v) is 4.22. The van der Waals surface area contributed by atoms with Crippen LogP contribution in [-0.4, -0.2) is 39.5 Å². The van der Waals surface area contributed by atoms with E-state index in [2.05, 4.69) is 42.9 Å². The summed E-state index contributed by atoms with van der Waals surface area (Å²) in [6.45, 7) is 8.86. The third-order valence-electron chi connectivity index (χ3n) is 2.72. The first-order valence-corrected chi connectivity index (χ1v) is 6.23. The van der Waals surface area contributed by atoms with Crippen LogP contribution in [0.2, 0.25) is 0 Å².